The molecule has 0 radical (unpaired) electrons. The molecular formula is C18H19FN4O3. The Balaban J connectivity index is 1.64. The standard InChI is InChI=1S/C18H19FN4O3/c19-13-3-1-2-11(6-13)17-14-8-20-7-12(14)9-23(17)16(25)10-22-5-4-15(24)21-18(22)26/h1-6,12,14,17,20H,7-10H2,(H,21,24,26)/t12-,14-,17-/m0/s1. The Morgan fingerprint density at radius 1 is 1.23 bits per heavy atom. The van der Waals surface area contributed by atoms with Crippen molar-refractivity contribution in [2.75, 3.05) is 19.6 Å². The molecule has 1 amide bonds. The van der Waals surface area contributed by atoms with Crippen LogP contribution in [0.4, 0.5) is 4.39 Å². The maximum absolute atomic E-state index is 13.7. The molecular weight excluding hydrogens is 339 g/mol. The van der Waals surface area contributed by atoms with Crippen LogP contribution in [0, 0.1) is 17.7 Å². The topological polar surface area (TPSA) is 87.2 Å². The molecule has 3 atom stereocenters. The Kier molecular flexibility index (Phi) is 4.20. The number of fused-ring (bicyclic) bond motifs is 1. The number of likely N-dealkylation sites (tertiary alicyclic amines) is 1. The summed E-state index contributed by atoms with van der Waals surface area (Å²) in [6.07, 6.45) is 1.31. The normalized spacial score (nSPS) is 24.7. The van der Waals surface area contributed by atoms with Crippen LogP contribution in [0.5, 0.6) is 0 Å². The molecule has 3 heterocycles. The molecule has 2 aliphatic rings. The average Bonchev–Trinajstić information content (AvgIpc) is 3.18. The van der Waals surface area contributed by atoms with Crippen molar-refractivity contribution in [1.82, 2.24) is 19.8 Å². The van der Waals surface area contributed by atoms with Gasteiger partial charge in [-0.05, 0) is 23.6 Å². The minimum absolute atomic E-state index is 0.158. The second-order valence-electron chi connectivity index (χ2n) is 6.87. The van der Waals surface area contributed by atoms with Crippen LogP contribution in [-0.2, 0) is 11.3 Å². The molecule has 0 spiro atoms. The molecule has 7 nitrogen and oxygen atoms in total. The minimum Gasteiger partial charge on any atom is -0.333 e. The number of carbonyl (C=O) groups is 1. The smallest absolute Gasteiger partial charge is 0.328 e. The Labute approximate surface area is 148 Å². The fourth-order valence-electron chi connectivity index (χ4n) is 4.10. The predicted octanol–water partition coefficient (Wildman–Crippen LogP) is 0.0948. The summed E-state index contributed by atoms with van der Waals surface area (Å²) in [5.74, 6) is -0.0310. The number of aromatic nitrogens is 2. The highest BCUT2D eigenvalue weighted by molar-refractivity contribution is 5.77. The first kappa shape index (κ1) is 16.7. The van der Waals surface area contributed by atoms with Crippen molar-refractivity contribution in [2.45, 2.75) is 12.6 Å². The monoisotopic (exact) mass is 358 g/mol. The lowest BCUT2D eigenvalue weighted by Gasteiger charge is -2.28. The molecule has 0 saturated carbocycles. The third-order valence-electron chi connectivity index (χ3n) is 5.28. The summed E-state index contributed by atoms with van der Waals surface area (Å²) < 4.78 is 14.9. The maximum Gasteiger partial charge on any atom is 0.328 e. The molecule has 1 aromatic carbocycles. The van der Waals surface area contributed by atoms with Crippen LogP contribution < -0.4 is 16.6 Å². The van der Waals surface area contributed by atoms with Gasteiger partial charge in [-0.25, -0.2) is 9.18 Å². The van der Waals surface area contributed by atoms with Crippen LogP contribution in [0.2, 0.25) is 0 Å². The lowest BCUT2D eigenvalue weighted by Crippen LogP contribution is -2.39. The fourth-order valence-corrected chi connectivity index (χ4v) is 4.10. The molecule has 2 fully saturated rings. The summed E-state index contributed by atoms with van der Waals surface area (Å²) in [4.78, 5) is 39.8. The number of H-pyrrole nitrogens is 1. The van der Waals surface area contributed by atoms with Crippen molar-refractivity contribution < 1.29 is 9.18 Å². The predicted molar refractivity (Wildman–Crippen MR) is 92.0 cm³/mol. The molecule has 26 heavy (non-hydrogen) atoms. The summed E-state index contributed by atoms with van der Waals surface area (Å²) in [6, 6.07) is 7.32. The number of halogens is 1. The van der Waals surface area contributed by atoms with E-state index >= 15 is 0 Å². The SMILES string of the molecule is O=C(Cn1ccc(=O)[nH]c1=O)N1C[C@@H]2CNC[C@@H]2[C@@H]1c1cccc(F)c1. The Morgan fingerprint density at radius 2 is 2.08 bits per heavy atom. The van der Waals surface area contributed by atoms with Gasteiger partial charge in [-0.3, -0.25) is 19.1 Å². The molecule has 2 N–H and O–H groups in total. The lowest BCUT2D eigenvalue weighted by atomic mass is 9.89. The van der Waals surface area contributed by atoms with E-state index < -0.39 is 11.2 Å². The Hall–Kier alpha value is -2.74. The summed E-state index contributed by atoms with van der Waals surface area (Å²) in [5, 5.41) is 3.34. The Bertz CT molecular complexity index is 954. The van der Waals surface area contributed by atoms with Crippen molar-refractivity contribution in [1.29, 1.82) is 0 Å². The summed E-state index contributed by atoms with van der Waals surface area (Å²) in [6.45, 7) is 2.00. The fraction of sp³-hybridized carbons (Fsp3) is 0.389. The molecule has 8 heteroatoms. The van der Waals surface area contributed by atoms with Gasteiger partial charge in [0.2, 0.25) is 5.91 Å². The van der Waals surface area contributed by atoms with E-state index in [0.29, 0.717) is 12.5 Å². The van der Waals surface area contributed by atoms with Crippen molar-refractivity contribution in [2.24, 2.45) is 11.8 Å². The first-order valence-corrected chi connectivity index (χ1v) is 8.58. The van der Waals surface area contributed by atoms with Crippen molar-refractivity contribution in [3.05, 3.63) is 68.7 Å². The number of aromatic amines is 1. The summed E-state index contributed by atoms with van der Waals surface area (Å²) >= 11 is 0. The van der Waals surface area contributed by atoms with Gasteiger partial charge < -0.3 is 10.2 Å². The van der Waals surface area contributed by atoms with Crippen LogP contribution in [0.3, 0.4) is 0 Å². The molecule has 4 rings (SSSR count). The first-order valence-electron chi connectivity index (χ1n) is 8.58. The molecule has 2 saturated heterocycles. The quantitative estimate of drug-likeness (QED) is 0.814. The number of amides is 1. The van der Waals surface area contributed by atoms with Crippen LogP contribution in [0.25, 0.3) is 0 Å². The van der Waals surface area contributed by atoms with Gasteiger partial charge in [-0.2, -0.15) is 0 Å². The molecule has 0 unspecified atom stereocenters. The van der Waals surface area contributed by atoms with Gasteiger partial charge in [0.1, 0.15) is 12.4 Å². The highest BCUT2D eigenvalue weighted by atomic mass is 19.1. The van der Waals surface area contributed by atoms with Crippen LogP contribution >= 0.6 is 0 Å². The first-order chi connectivity index (χ1) is 12.5. The summed E-state index contributed by atoms with van der Waals surface area (Å²) in [5.41, 5.74) is -0.351. The van der Waals surface area contributed by atoms with Gasteiger partial charge in [-0.15, -0.1) is 0 Å². The van der Waals surface area contributed by atoms with Gasteiger partial charge in [0.15, 0.2) is 0 Å². The van der Waals surface area contributed by atoms with Crippen molar-refractivity contribution in [3.63, 3.8) is 0 Å². The van der Waals surface area contributed by atoms with Crippen molar-refractivity contribution >= 4 is 5.91 Å². The molecule has 1 aromatic heterocycles. The number of benzene rings is 1. The van der Waals surface area contributed by atoms with Gasteiger partial charge in [0.25, 0.3) is 5.56 Å². The Morgan fingerprint density at radius 3 is 2.85 bits per heavy atom. The summed E-state index contributed by atoms with van der Waals surface area (Å²) in [7, 11) is 0. The van der Waals surface area contributed by atoms with E-state index in [1.807, 2.05) is 6.07 Å². The van der Waals surface area contributed by atoms with E-state index in [0.717, 1.165) is 18.7 Å². The zero-order valence-electron chi connectivity index (χ0n) is 14.0. The third-order valence-corrected chi connectivity index (χ3v) is 5.28. The van der Waals surface area contributed by atoms with Gasteiger partial charge in [0, 0.05) is 37.8 Å². The largest absolute Gasteiger partial charge is 0.333 e. The molecule has 0 bridgehead atoms. The van der Waals surface area contributed by atoms with E-state index in [1.54, 1.807) is 11.0 Å². The van der Waals surface area contributed by atoms with E-state index in [9.17, 15) is 18.8 Å². The molecule has 136 valence electrons. The van der Waals surface area contributed by atoms with Crippen LogP contribution in [-0.4, -0.2) is 40.0 Å². The number of carbonyl (C=O) groups excluding carboxylic acids is 1. The van der Waals surface area contributed by atoms with Crippen LogP contribution in [0.15, 0.2) is 46.1 Å². The average molecular weight is 358 g/mol. The number of hydrogen-bond acceptors (Lipinski definition) is 4. The van der Waals surface area contributed by atoms with Crippen LogP contribution in [0.1, 0.15) is 11.6 Å². The third kappa shape index (κ3) is 2.96. The van der Waals surface area contributed by atoms with Gasteiger partial charge >= 0.3 is 5.69 Å². The van der Waals surface area contributed by atoms with Gasteiger partial charge in [0.05, 0.1) is 6.04 Å². The number of rotatable bonds is 3. The molecule has 2 aromatic rings. The number of nitrogens with one attached hydrogen (secondary N) is 2. The molecule has 2 aliphatic heterocycles. The van der Waals surface area contributed by atoms with Gasteiger partial charge in [-0.1, -0.05) is 12.1 Å². The lowest BCUT2D eigenvalue weighted by molar-refractivity contribution is -0.133. The zero-order valence-corrected chi connectivity index (χ0v) is 14.0. The van der Waals surface area contributed by atoms with E-state index in [-0.39, 0.29) is 30.2 Å². The number of nitrogens with zero attached hydrogens (tertiary/aromatic N) is 2. The second-order valence-corrected chi connectivity index (χ2v) is 6.87. The highest BCUT2D eigenvalue weighted by Crippen LogP contribution is 2.42. The molecule has 0 aliphatic carbocycles. The zero-order chi connectivity index (χ0) is 18.3. The second kappa shape index (κ2) is 6.53. The maximum atomic E-state index is 13.7. The van der Waals surface area contributed by atoms with E-state index in [1.165, 1.54) is 29.0 Å². The highest BCUT2D eigenvalue weighted by Gasteiger charge is 2.46. The van der Waals surface area contributed by atoms with E-state index in [2.05, 4.69) is 10.3 Å². The minimum atomic E-state index is -0.616. The number of hydrogen-bond donors (Lipinski definition) is 2. The van der Waals surface area contributed by atoms with E-state index in [4.69, 9.17) is 0 Å². The van der Waals surface area contributed by atoms with Crippen molar-refractivity contribution in [3.8, 4) is 0 Å².